The first-order chi connectivity index (χ1) is 12.6. The highest BCUT2D eigenvalue weighted by Crippen LogP contribution is 2.39. The maximum Gasteiger partial charge on any atom is 0.219 e. The predicted octanol–water partition coefficient (Wildman–Crippen LogP) is 2.30. The van der Waals surface area contributed by atoms with Gasteiger partial charge in [-0.05, 0) is 18.5 Å². The topological polar surface area (TPSA) is 52.6 Å². The Morgan fingerprint density at radius 2 is 1.88 bits per heavy atom. The molecule has 0 unspecified atom stereocenters. The van der Waals surface area contributed by atoms with Crippen molar-refractivity contribution in [2.75, 3.05) is 44.2 Å². The van der Waals surface area contributed by atoms with Crippen LogP contribution in [-0.4, -0.2) is 64.9 Å². The average molecular weight is 374 g/mol. The Morgan fingerprint density at radius 3 is 2.54 bits per heavy atom. The smallest absolute Gasteiger partial charge is 0.219 e. The van der Waals surface area contributed by atoms with Crippen molar-refractivity contribution in [2.24, 2.45) is 0 Å². The summed E-state index contributed by atoms with van der Waals surface area (Å²) in [4.78, 5) is 30.8. The number of piperazine rings is 1. The standard InChI is InChI=1S/C19H27N5OS/c1-4-16-20-18(24-10-8-23(9-11-24)13(3)25)17-14-6-7-22(5-2)12-15(14)26-19(17)21-16/h4-12H2,1-3H3. The predicted molar refractivity (Wildman–Crippen MR) is 106 cm³/mol. The normalized spacial score (nSPS) is 18.4. The van der Waals surface area contributed by atoms with Gasteiger partial charge in [-0.1, -0.05) is 13.8 Å². The van der Waals surface area contributed by atoms with Gasteiger partial charge in [-0.15, -0.1) is 11.3 Å². The molecule has 1 fully saturated rings. The van der Waals surface area contributed by atoms with Crippen LogP contribution in [0.15, 0.2) is 0 Å². The van der Waals surface area contributed by atoms with Gasteiger partial charge in [-0.2, -0.15) is 0 Å². The van der Waals surface area contributed by atoms with Crippen molar-refractivity contribution >= 4 is 33.3 Å². The summed E-state index contributed by atoms with van der Waals surface area (Å²) in [5.41, 5.74) is 1.46. The number of nitrogens with zero attached hydrogens (tertiary/aromatic N) is 5. The van der Waals surface area contributed by atoms with E-state index in [1.54, 1.807) is 6.92 Å². The first-order valence-electron chi connectivity index (χ1n) is 9.64. The molecule has 2 aliphatic rings. The third-order valence-corrected chi connectivity index (χ3v) is 6.71. The Morgan fingerprint density at radius 1 is 1.12 bits per heavy atom. The molecule has 4 heterocycles. The molecule has 1 saturated heterocycles. The molecule has 1 amide bonds. The minimum absolute atomic E-state index is 0.166. The van der Waals surface area contributed by atoms with E-state index in [0.717, 1.165) is 75.1 Å². The number of thiophene rings is 1. The summed E-state index contributed by atoms with van der Waals surface area (Å²) in [5, 5.41) is 1.27. The lowest BCUT2D eigenvalue weighted by atomic mass is 10.0. The van der Waals surface area contributed by atoms with Gasteiger partial charge in [0.15, 0.2) is 0 Å². The Kier molecular flexibility index (Phi) is 4.84. The van der Waals surface area contributed by atoms with Crippen LogP contribution in [0.5, 0.6) is 0 Å². The summed E-state index contributed by atoms with van der Waals surface area (Å²) in [6, 6.07) is 0. The van der Waals surface area contributed by atoms with Crippen molar-refractivity contribution in [3.05, 3.63) is 16.3 Å². The lowest BCUT2D eigenvalue weighted by Crippen LogP contribution is -2.48. The van der Waals surface area contributed by atoms with Crippen LogP contribution >= 0.6 is 11.3 Å². The molecule has 140 valence electrons. The molecule has 7 heteroatoms. The lowest BCUT2D eigenvalue weighted by molar-refractivity contribution is -0.129. The van der Waals surface area contributed by atoms with Gasteiger partial charge in [-0.3, -0.25) is 9.69 Å². The number of fused-ring (bicyclic) bond motifs is 3. The van der Waals surface area contributed by atoms with Gasteiger partial charge in [0.05, 0.1) is 5.39 Å². The molecule has 0 N–H and O–H groups in total. The number of anilines is 1. The van der Waals surface area contributed by atoms with Gasteiger partial charge in [-0.25, -0.2) is 9.97 Å². The van der Waals surface area contributed by atoms with Crippen molar-refractivity contribution in [3.63, 3.8) is 0 Å². The quantitative estimate of drug-likeness (QED) is 0.826. The number of hydrogen-bond acceptors (Lipinski definition) is 6. The summed E-state index contributed by atoms with van der Waals surface area (Å²) in [7, 11) is 0. The SMILES string of the molecule is CCc1nc(N2CCN(C(C)=O)CC2)c2c3c(sc2n1)CN(CC)CC3. The zero-order valence-electron chi connectivity index (χ0n) is 15.9. The van der Waals surface area contributed by atoms with Crippen molar-refractivity contribution in [2.45, 2.75) is 40.2 Å². The monoisotopic (exact) mass is 373 g/mol. The maximum absolute atomic E-state index is 11.6. The van der Waals surface area contributed by atoms with Gasteiger partial charge < -0.3 is 9.80 Å². The van der Waals surface area contributed by atoms with E-state index in [2.05, 4.69) is 23.6 Å². The van der Waals surface area contributed by atoms with Crippen LogP contribution < -0.4 is 4.90 Å². The van der Waals surface area contributed by atoms with E-state index in [-0.39, 0.29) is 5.91 Å². The van der Waals surface area contributed by atoms with Crippen molar-refractivity contribution in [3.8, 4) is 0 Å². The molecule has 4 rings (SSSR count). The number of aromatic nitrogens is 2. The first-order valence-corrected chi connectivity index (χ1v) is 10.5. The van der Waals surface area contributed by atoms with Crippen molar-refractivity contribution < 1.29 is 4.79 Å². The molecular weight excluding hydrogens is 346 g/mol. The molecule has 0 saturated carbocycles. The third-order valence-electron chi connectivity index (χ3n) is 5.59. The van der Waals surface area contributed by atoms with E-state index >= 15 is 0 Å². The van der Waals surface area contributed by atoms with E-state index in [1.165, 1.54) is 15.8 Å². The number of rotatable bonds is 3. The lowest BCUT2D eigenvalue weighted by Gasteiger charge is -2.35. The second-order valence-electron chi connectivity index (χ2n) is 7.11. The van der Waals surface area contributed by atoms with Crippen LogP contribution in [0.25, 0.3) is 10.2 Å². The molecule has 0 atom stereocenters. The Balaban J connectivity index is 1.74. The number of carbonyl (C=O) groups excluding carboxylic acids is 1. The van der Waals surface area contributed by atoms with Gasteiger partial charge in [0.1, 0.15) is 16.5 Å². The molecule has 26 heavy (non-hydrogen) atoms. The highest BCUT2D eigenvalue weighted by atomic mass is 32.1. The maximum atomic E-state index is 11.6. The minimum Gasteiger partial charge on any atom is -0.352 e. The van der Waals surface area contributed by atoms with Gasteiger partial charge in [0, 0.05) is 57.5 Å². The number of aryl methyl sites for hydroxylation is 1. The molecule has 0 aromatic carbocycles. The van der Waals surface area contributed by atoms with Crippen LogP contribution in [0.4, 0.5) is 5.82 Å². The minimum atomic E-state index is 0.166. The van der Waals surface area contributed by atoms with Crippen molar-refractivity contribution in [1.29, 1.82) is 0 Å². The zero-order chi connectivity index (χ0) is 18.3. The van der Waals surface area contributed by atoms with Crippen LogP contribution in [0.3, 0.4) is 0 Å². The molecule has 2 aliphatic heterocycles. The largest absolute Gasteiger partial charge is 0.352 e. The van der Waals surface area contributed by atoms with E-state index in [9.17, 15) is 4.79 Å². The Bertz CT molecular complexity index is 825. The fourth-order valence-electron chi connectivity index (χ4n) is 3.96. The first kappa shape index (κ1) is 17.7. The van der Waals surface area contributed by atoms with Gasteiger partial charge in [0.25, 0.3) is 0 Å². The molecular formula is C19H27N5OS. The van der Waals surface area contributed by atoms with Gasteiger partial charge >= 0.3 is 0 Å². The Hall–Kier alpha value is -1.73. The highest BCUT2D eigenvalue weighted by Gasteiger charge is 2.27. The molecule has 2 aromatic heterocycles. The van der Waals surface area contributed by atoms with Crippen LogP contribution in [0.2, 0.25) is 0 Å². The molecule has 0 bridgehead atoms. The van der Waals surface area contributed by atoms with Crippen LogP contribution in [0.1, 0.15) is 37.0 Å². The molecule has 0 spiro atoms. The van der Waals surface area contributed by atoms with E-state index in [0.29, 0.717) is 0 Å². The molecule has 0 aliphatic carbocycles. The summed E-state index contributed by atoms with van der Waals surface area (Å²) >= 11 is 1.85. The van der Waals surface area contributed by atoms with Gasteiger partial charge in [0.2, 0.25) is 5.91 Å². The second kappa shape index (κ2) is 7.12. The number of amides is 1. The molecule has 6 nitrogen and oxygen atoms in total. The van der Waals surface area contributed by atoms with E-state index < -0.39 is 0 Å². The third kappa shape index (κ3) is 3.07. The fraction of sp³-hybridized carbons (Fsp3) is 0.632. The summed E-state index contributed by atoms with van der Waals surface area (Å²) in [6.07, 6.45) is 1.93. The van der Waals surface area contributed by atoms with E-state index in [4.69, 9.17) is 9.97 Å². The Labute approximate surface area is 158 Å². The summed E-state index contributed by atoms with van der Waals surface area (Å²) < 4.78 is 0. The number of likely N-dealkylation sites (N-methyl/N-ethyl adjacent to an activating group) is 1. The second-order valence-corrected chi connectivity index (χ2v) is 8.20. The van der Waals surface area contributed by atoms with Crippen LogP contribution in [-0.2, 0) is 24.2 Å². The highest BCUT2D eigenvalue weighted by molar-refractivity contribution is 7.19. The van der Waals surface area contributed by atoms with Crippen molar-refractivity contribution in [1.82, 2.24) is 19.8 Å². The van der Waals surface area contributed by atoms with E-state index in [1.807, 2.05) is 16.2 Å². The molecule has 0 radical (unpaired) electrons. The summed E-state index contributed by atoms with van der Waals surface area (Å²) in [5.74, 6) is 2.18. The average Bonchev–Trinajstić information content (AvgIpc) is 3.04. The number of carbonyl (C=O) groups is 1. The summed E-state index contributed by atoms with van der Waals surface area (Å²) in [6.45, 7) is 12.5. The zero-order valence-corrected chi connectivity index (χ0v) is 16.7. The van der Waals surface area contributed by atoms with Crippen LogP contribution in [0, 0.1) is 0 Å². The molecule has 2 aromatic rings. The number of hydrogen-bond donors (Lipinski definition) is 0. The fourth-order valence-corrected chi connectivity index (χ4v) is 5.24.